The molecule has 20 heavy (non-hydrogen) atoms. The van der Waals surface area contributed by atoms with E-state index in [0.717, 1.165) is 12.0 Å². The molecule has 0 aromatic heterocycles. The minimum absolute atomic E-state index is 0.549. The zero-order valence-electron chi connectivity index (χ0n) is 13.8. The Balaban J connectivity index is 1.70. The van der Waals surface area contributed by atoms with Gasteiger partial charge in [-0.05, 0) is 50.9 Å². The number of likely N-dealkylation sites (tertiary alicyclic amines) is 1. The molecule has 1 N–H and O–H groups in total. The maximum absolute atomic E-state index is 3.91. The SMILES string of the molecule is CSC1(CNC2CCN(CC(C)C)CC2)CCCCC1. The summed E-state index contributed by atoms with van der Waals surface area (Å²) in [7, 11) is 0. The molecule has 2 nitrogen and oxygen atoms in total. The molecule has 0 aromatic rings. The second-order valence-corrected chi connectivity index (χ2v) is 8.57. The molecule has 0 unspecified atom stereocenters. The van der Waals surface area contributed by atoms with Crippen LogP contribution in [0.3, 0.4) is 0 Å². The van der Waals surface area contributed by atoms with E-state index in [1.54, 1.807) is 0 Å². The quantitative estimate of drug-likeness (QED) is 0.804. The molecule has 0 radical (unpaired) electrons. The van der Waals surface area contributed by atoms with E-state index < -0.39 is 0 Å². The van der Waals surface area contributed by atoms with Crippen LogP contribution in [0.2, 0.25) is 0 Å². The highest BCUT2D eigenvalue weighted by atomic mass is 32.2. The first kappa shape index (κ1) is 16.6. The third-order valence-corrected chi connectivity index (χ3v) is 6.54. The van der Waals surface area contributed by atoms with E-state index in [2.05, 4.69) is 42.1 Å². The summed E-state index contributed by atoms with van der Waals surface area (Å²) in [4.78, 5) is 2.65. The Morgan fingerprint density at radius 2 is 1.80 bits per heavy atom. The molecule has 3 heteroatoms. The summed E-state index contributed by atoms with van der Waals surface area (Å²) in [6.07, 6.45) is 12.2. The molecule has 1 aliphatic carbocycles. The van der Waals surface area contributed by atoms with Gasteiger partial charge in [-0.15, -0.1) is 0 Å². The number of thioether (sulfide) groups is 1. The van der Waals surface area contributed by atoms with Crippen molar-refractivity contribution in [1.29, 1.82) is 0 Å². The summed E-state index contributed by atoms with van der Waals surface area (Å²) in [6.45, 7) is 9.76. The van der Waals surface area contributed by atoms with E-state index in [4.69, 9.17) is 0 Å². The van der Waals surface area contributed by atoms with E-state index in [1.807, 2.05) is 0 Å². The fourth-order valence-electron chi connectivity index (χ4n) is 3.82. The molecular formula is C17H34N2S. The van der Waals surface area contributed by atoms with Crippen molar-refractivity contribution < 1.29 is 0 Å². The van der Waals surface area contributed by atoms with Gasteiger partial charge in [0.15, 0.2) is 0 Å². The van der Waals surface area contributed by atoms with Crippen LogP contribution in [0.4, 0.5) is 0 Å². The standard InChI is InChI=1S/C17H34N2S/c1-15(2)13-19-11-7-16(8-12-19)18-14-17(20-3)9-5-4-6-10-17/h15-16,18H,4-14H2,1-3H3. The monoisotopic (exact) mass is 298 g/mol. The van der Waals surface area contributed by atoms with Gasteiger partial charge in [0, 0.05) is 23.9 Å². The Bertz CT molecular complexity index is 266. The van der Waals surface area contributed by atoms with Gasteiger partial charge in [0.05, 0.1) is 0 Å². The normalized spacial score (nSPS) is 25.2. The number of rotatable bonds is 6. The Labute approximate surface area is 130 Å². The second-order valence-electron chi connectivity index (χ2n) is 7.30. The Morgan fingerprint density at radius 3 is 2.35 bits per heavy atom. The lowest BCUT2D eigenvalue weighted by molar-refractivity contribution is 0.177. The summed E-state index contributed by atoms with van der Waals surface area (Å²) in [5, 5.41) is 3.91. The van der Waals surface area contributed by atoms with Gasteiger partial charge in [-0.2, -0.15) is 11.8 Å². The number of hydrogen-bond donors (Lipinski definition) is 1. The summed E-state index contributed by atoms with van der Waals surface area (Å²) in [6, 6.07) is 0.768. The molecule has 0 aromatic carbocycles. The van der Waals surface area contributed by atoms with Crippen molar-refractivity contribution in [3.8, 4) is 0 Å². The van der Waals surface area contributed by atoms with E-state index in [-0.39, 0.29) is 0 Å². The highest BCUT2D eigenvalue weighted by Crippen LogP contribution is 2.38. The van der Waals surface area contributed by atoms with Crippen LogP contribution >= 0.6 is 11.8 Å². The van der Waals surface area contributed by atoms with Crippen LogP contribution in [0.15, 0.2) is 0 Å². The van der Waals surface area contributed by atoms with Crippen molar-refractivity contribution in [2.45, 2.75) is 69.6 Å². The van der Waals surface area contributed by atoms with Crippen molar-refractivity contribution >= 4 is 11.8 Å². The van der Waals surface area contributed by atoms with Crippen LogP contribution in [-0.4, -0.2) is 48.1 Å². The van der Waals surface area contributed by atoms with Gasteiger partial charge in [0.25, 0.3) is 0 Å². The predicted molar refractivity (Wildman–Crippen MR) is 91.6 cm³/mol. The highest BCUT2D eigenvalue weighted by Gasteiger charge is 2.32. The number of nitrogens with one attached hydrogen (secondary N) is 1. The largest absolute Gasteiger partial charge is 0.313 e. The topological polar surface area (TPSA) is 15.3 Å². The maximum Gasteiger partial charge on any atom is 0.0281 e. The maximum atomic E-state index is 3.91. The minimum Gasteiger partial charge on any atom is -0.313 e. The van der Waals surface area contributed by atoms with Crippen molar-refractivity contribution in [3.63, 3.8) is 0 Å². The molecule has 1 saturated heterocycles. The average molecular weight is 299 g/mol. The molecule has 2 fully saturated rings. The number of piperidine rings is 1. The Morgan fingerprint density at radius 1 is 1.15 bits per heavy atom. The van der Waals surface area contributed by atoms with Crippen LogP contribution in [0.25, 0.3) is 0 Å². The molecule has 118 valence electrons. The molecule has 2 rings (SSSR count). The van der Waals surface area contributed by atoms with Gasteiger partial charge in [0.2, 0.25) is 0 Å². The van der Waals surface area contributed by atoms with Crippen LogP contribution in [0, 0.1) is 5.92 Å². The van der Waals surface area contributed by atoms with Crippen molar-refractivity contribution in [2.24, 2.45) is 5.92 Å². The van der Waals surface area contributed by atoms with Crippen molar-refractivity contribution in [2.75, 3.05) is 32.4 Å². The fourth-order valence-corrected chi connectivity index (χ4v) is 4.74. The zero-order chi connectivity index (χ0) is 14.4. The molecule has 0 amide bonds. The summed E-state index contributed by atoms with van der Waals surface area (Å²) < 4.78 is 0.549. The molecule has 2 aliphatic rings. The van der Waals surface area contributed by atoms with Gasteiger partial charge in [-0.1, -0.05) is 33.1 Å². The number of hydrogen-bond acceptors (Lipinski definition) is 3. The fraction of sp³-hybridized carbons (Fsp3) is 1.00. The smallest absolute Gasteiger partial charge is 0.0281 e. The lowest BCUT2D eigenvalue weighted by Crippen LogP contribution is -2.48. The van der Waals surface area contributed by atoms with Crippen LogP contribution in [-0.2, 0) is 0 Å². The van der Waals surface area contributed by atoms with Gasteiger partial charge in [-0.25, -0.2) is 0 Å². The van der Waals surface area contributed by atoms with E-state index in [1.165, 1.54) is 71.1 Å². The third kappa shape index (κ3) is 4.92. The first-order chi connectivity index (χ1) is 9.63. The van der Waals surface area contributed by atoms with Gasteiger partial charge in [-0.3, -0.25) is 0 Å². The molecule has 1 aliphatic heterocycles. The van der Waals surface area contributed by atoms with E-state index >= 15 is 0 Å². The first-order valence-corrected chi connectivity index (χ1v) is 9.87. The molecule has 0 spiro atoms. The molecule has 1 heterocycles. The molecule has 0 atom stereocenters. The summed E-state index contributed by atoms with van der Waals surface area (Å²) >= 11 is 2.12. The van der Waals surface area contributed by atoms with Gasteiger partial charge in [0.1, 0.15) is 0 Å². The molecule has 0 bridgehead atoms. The molecular weight excluding hydrogens is 264 g/mol. The Hall–Kier alpha value is 0.270. The average Bonchev–Trinajstić information content (AvgIpc) is 2.47. The van der Waals surface area contributed by atoms with E-state index in [9.17, 15) is 0 Å². The predicted octanol–water partition coefficient (Wildman–Crippen LogP) is 3.76. The minimum atomic E-state index is 0.549. The summed E-state index contributed by atoms with van der Waals surface area (Å²) in [5.41, 5.74) is 0. The number of nitrogens with zero attached hydrogens (tertiary/aromatic N) is 1. The van der Waals surface area contributed by atoms with Gasteiger partial charge >= 0.3 is 0 Å². The van der Waals surface area contributed by atoms with Crippen molar-refractivity contribution in [1.82, 2.24) is 10.2 Å². The van der Waals surface area contributed by atoms with Crippen molar-refractivity contribution in [3.05, 3.63) is 0 Å². The van der Waals surface area contributed by atoms with Crippen LogP contribution < -0.4 is 5.32 Å². The van der Waals surface area contributed by atoms with Gasteiger partial charge < -0.3 is 10.2 Å². The first-order valence-electron chi connectivity index (χ1n) is 8.64. The third-order valence-electron chi connectivity index (χ3n) is 5.12. The second kappa shape index (κ2) is 8.05. The van der Waals surface area contributed by atoms with Crippen LogP contribution in [0.1, 0.15) is 58.8 Å². The lowest BCUT2D eigenvalue weighted by Gasteiger charge is -2.39. The zero-order valence-corrected chi connectivity index (χ0v) is 14.6. The van der Waals surface area contributed by atoms with Crippen LogP contribution in [0.5, 0.6) is 0 Å². The van der Waals surface area contributed by atoms with E-state index in [0.29, 0.717) is 4.75 Å². The lowest BCUT2D eigenvalue weighted by atomic mass is 9.87. The molecule has 1 saturated carbocycles. The highest BCUT2D eigenvalue weighted by molar-refractivity contribution is 8.00. The summed E-state index contributed by atoms with van der Waals surface area (Å²) in [5.74, 6) is 0.807. The Kier molecular flexibility index (Phi) is 6.70.